The molecule has 0 aliphatic carbocycles. The molecule has 1 fully saturated rings. The van der Waals surface area contributed by atoms with E-state index in [1.807, 2.05) is 30.3 Å². The summed E-state index contributed by atoms with van der Waals surface area (Å²) in [6.45, 7) is 3.47. The number of hydrogen-bond donors (Lipinski definition) is 1. The van der Waals surface area contributed by atoms with Crippen LogP contribution in [-0.2, 0) is 9.59 Å². The lowest BCUT2D eigenvalue weighted by Gasteiger charge is -2.24. The predicted molar refractivity (Wildman–Crippen MR) is 160 cm³/mol. The molecule has 4 aromatic rings. The van der Waals surface area contributed by atoms with Gasteiger partial charge < -0.3 is 24.1 Å². The summed E-state index contributed by atoms with van der Waals surface area (Å²) >= 11 is 1.27. The van der Waals surface area contributed by atoms with Gasteiger partial charge in [-0.3, -0.25) is 14.5 Å². The molecule has 2 aliphatic heterocycles. The predicted octanol–water partition coefficient (Wildman–Crippen LogP) is 6.27. The van der Waals surface area contributed by atoms with Crippen molar-refractivity contribution in [3.8, 4) is 23.0 Å². The molecule has 0 radical (unpaired) electrons. The number of unbranched alkanes of at least 4 members (excludes halogenated alkanes) is 2. The van der Waals surface area contributed by atoms with Gasteiger partial charge in [0.25, 0.3) is 5.78 Å². The fourth-order valence-corrected chi connectivity index (χ4v) is 6.15. The van der Waals surface area contributed by atoms with Gasteiger partial charge in [0.05, 0.1) is 35.5 Å². The van der Waals surface area contributed by atoms with Crippen LogP contribution in [0.1, 0.15) is 43.4 Å². The number of ether oxygens (including phenoxy) is 4. The molecule has 216 valence electrons. The Labute approximate surface area is 246 Å². The van der Waals surface area contributed by atoms with Crippen LogP contribution in [-0.4, -0.2) is 48.7 Å². The highest BCUT2D eigenvalue weighted by Crippen LogP contribution is 2.46. The van der Waals surface area contributed by atoms with E-state index in [-0.39, 0.29) is 11.3 Å². The number of carbonyl (C=O) groups is 2. The third kappa shape index (κ3) is 5.14. The number of aliphatic hydroxyl groups excluding tert-OH is 1. The molecule has 6 rings (SSSR count). The molecule has 1 amide bonds. The van der Waals surface area contributed by atoms with Crippen molar-refractivity contribution in [3.05, 3.63) is 77.4 Å². The van der Waals surface area contributed by atoms with Crippen molar-refractivity contribution in [2.45, 2.75) is 32.2 Å². The number of amides is 1. The van der Waals surface area contributed by atoms with Crippen LogP contribution in [0.25, 0.3) is 16.0 Å². The summed E-state index contributed by atoms with van der Waals surface area (Å²) in [6.07, 6.45) is 3.04. The van der Waals surface area contributed by atoms with E-state index < -0.39 is 17.7 Å². The first-order valence-electron chi connectivity index (χ1n) is 13.9. The number of ketones is 1. The van der Waals surface area contributed by atoms with E-state index in [1.54, 1.807) is 37.4 Å². The zero-order valence-electron chi connectivity index (χ0n) is 23.3. The highest BCUT2D eigenvalue weighted by atomic mass is 32.1. The standard InChI is InChI=1S/C32H30N2O7S/c1-3-4-5-13-39-22-8-6-7-19(16-22)28-27(29(35)20-9-12-24-25(17-20)41-15-14-40-24)30(36)31(37)34(28)32-33-23-11-10-21(38-2)18-26(23)42-32/h6-12,16-18,28,35H,3-5,13-15H2,1-2H3. The first-order chi connectivity index (χ1) is 20.5. The maximum atomic E-state index is 13.7. The molecule has 9 nitrogen and oxygen atoms in total. The van der Waals surface area contributed by atoms with E-state index in [4.69, 9.17) is 23.9 Å². The Balaban J connectivity index is 1.47. The Hall–Kier alpha value is -4.57. The second-order valence-corrected chi connectivity index (χ2v) is 11.0. The highest BCUT2D eigenvalue weighted by molar-refractivity contribution is 7.22. The van der Waals surface area contributed by atoms with Gasteiger partial charge in [-0.1, -0.05) is 43.2 Å². The van der Waals surface area contributed by atoms with Crippen molar-refractivity contribution in [1.29, 1.82) is 0 Å². The number of methoxy groups -OCH3 is 1. The third-order valence-corrected chi connectivity index (χ3v) is 8.26. The number of carbonyl (C=O) groups excluding carboxylic acids is 2. The number of benzene rings is 3. The molecule has 1 unspecified atom stereocenters. The van der Waals surface area contributed by atoms with Gasteiger partial charge in [0.1, 0.15) is 30.5 Å². The van der Waals surface area contributed by atoms with Crippen molar-refractivity contribution >= 4 is 44.1 Å². The summed E-state index contributed by atoms with van der Waals surface area (Å²) in [5.74, 6) is 0.379. The Bertz CT molecular complexity index is 1700. The Kier molecular flexibility index (Phi) is 7.71. The number of hydrogen-bond acceptors (Lipinski definition) is 9. The van der Waals surface area contributed by atoms with Gasteiger partial charge in [-0.2, -0.15) is 0 Å². The van der Waals surface area contributed by atoms with E-state index in [1.165, 1.54) is 16.2 Å². The molecular weight excluding hydrogens is 556 g/mol. The summed E-state index contributed by atoms with van der Waals surface area (Å²) in [5, 5.41) is 11.9. The van der Waals surface area contributed by atoms with E-state index in [0.29, 0.717) is 64.6 Å². The van der Waals surface area contributed by atoms with Crippen molar-refractivity contribution in [2.24, 2.45) is 0 Å². The summed E-state index contributed by atoms with van der Waals surface area (Å²) < 4.78 is 23.5. The van der Waals surface area contributed by atoms with Crippen LogP contribution in [0.4, 0.5) is 5.13 Å². The average molecular weight is 587 g/mol. The molecule has 42 heavy (non-hydrogen) atoms. The molecule has 1 aromatic heterocycles. The van der Waals surface area contributed by atoms with Gasteiger partial charge >= 0.3 is 5.91 Å². The quantitative estimate of drug-likeness (QED) is 0.106. The molecule has 3 aromatic carbocycles. The lowest BCUT2D eigenvalue weighted by Crippen LogP contribution is -2.29. The van der Waals surface area contributed by atoms with Crippen LogP contribution in [0, 0.1) is 0 Å². The van der Waals surface area contributed by atoms with Crippen LogP contribution >= 0.6 is 11.3 Å². The summed E-state index contributed by atoms with van der Waals surface area (Å²) in [4.78, 5) is 33.4. The SMILES string of the molecule is CCCCCOc1cccc(C2C(=C(O)c3ccc4c(c3)OCCO4)C(=O)C(=O)N2c2nc3ccc(OC)cc3s2)c1. The summed E-state index contributed by atoms with van der Waals surface area (Å²) in [7, 11) is 1.58. The van der Waals surface area contributed by atoms with Gasteiger partial charge in [-0.25, -0.2) is 4.98 Å². The first kappa shape index (κ1) is 27.6. The minimum atomic E-state index is -0.945. The Morgan fingerprint density at radius 3 is 2.67 bits per heavy atom. The number of thiazole rings is 1. The second kappa shape index (κ2) is 11.7. The molecule has 3 heterocycles. The van der Waals surface area contributed by atoms with E-state index in [9.17, 15) is 14.7 Å². The maximum absolute atomic E-state index is 13.7. The van der Waals surface area contributed by atoms with Crippen LogP contribution < -0.4 is 23.8 Å². The summed E-state index contributed by atoms with van der Waals surface area (Å²) in [5.41, 5.74) is 1.56. The third-order valence-electron chi connectivity index (χ3n) is 7.24. The number of rotatable bonds is 9. The molecule has 10 heteroatoms. The van der Waals surface area contributed by atoms with Crippen molar-refractivity contribution in [3.63, 3.8) is 0 Å². The molecule has 0 bridgehead atoms. The van der Waals surface area contributed by atoms with Crippen LogP contribution in [0.15, 0.2) is 66.2 Å². The largest absolute Gasteiger partial charge is 0.507 e. The van der Waals surface area contributed by atoms with Crippen LogP contribution in [0.2, 0.25) is 0 Å². The number of aliphatic hydroxyl groups is 1. The molecule has 0 saturated carbocycles. The van der Waals surface area contributed by atoms with Crippen molar-refractivity contribution < 1.29 is 33.6 Å². The molecule has 1 saturated heterocycles. The monoisotopic (exact) mass is 586 g/mol. The number of fused-ring (bicyclic) bond motifs is 2. The minimum Gasteiger partial charge on any atom is -0.507 e. The molecular formula is C32H30N2O7S. The van der Waals surface area contributed by atoms with Gasteiger partial charge in [0.15, 0.2) is 16.6 Å². The number of anilines is 1. The summed E-state index contributed by atoms with van der Waals surface area (Å²) in [6, 6.07) is 16.7. The normalized spacial score (nSPS) is 17.6. The number of Topliss-reactive ketones (excluding diaryl/α,β-unsaturated/α-hetero) is 1. The first-order valence-corrected chi connectivity index (χ1v) is 14.7. The van der Waals surface area contributed by atoms with Crippen molar-refractivity contribution in [2.75, 3.05) is 31.8 Å². The Morgan fingerprint density at radius 2 is 1.86 bits per heavy atom. The van der Waals surface area contributed by atoms with Gasteiger partial charge in [-0.15, -0.1) is 0 Å². The number of aromatic nitrogens is 1. The van der Waals surface area contributed by atoms with E-state index >= 15 is 0 Å². The van der Waals surface area contributed by atoms with Gasteiger partial charge in [0, 0.05) is 5.56 Å². The minimum absolute atomic E-state index is 0.0448. The topological polar surface area (TPSA) is 107 Å². The van der Waals surface area contributed by atoms with Gasteiger partial charge in [-0.05, 0) is 60.5 Å². The zero-order chi connectivity index (χ0) is 29.2. The fraction of sp³-hybridized carbons (Fsp3) is 0.281. The molecule has 0 spiro atoms. The van der Waals surface area contributed by atoms with E-state index in [0.717, 1.165) is 24.0 Å². The highest BCUT2D eigenvalue weighted by Gasteiger charge is 2.48. The fourth-order valence-electron chi connectivity index (χ4n) is 5.13. The van der Waals surface area contributed by atoms with Crippen molar-refractivity contribution in [1.82, 2.24) is 4.98 Å². The lowest BCUT2D eigenvalue weighted by atomic mass is 9.95. The van der Waals surface area contributed by atoms with Gasteiger partial charge in [0.2, 0.25) is 0 Å². The van der Waals surface area contributed by atoms with Crippen LogP contribution in [0.3, 0.4) is 0 Å². The zero-order valence-corrected chi connectivity index (χ0v) is 24.1. The Morgan fingerprint density at radius 1 is 1.02 bits per heavy atom. The molecule has 2 aliphatic rings. The molecule has 1 atom stereocenters. The van der Waals surface area contributed by atoms with Crippen LogP contribution in [0.5, 0.6) is 23.0 Å². The average Bonchev–Trinajstić information content (AvgIpc) is 3.56. The molecule has 1 N–H and O–H groups in total. The maximum Gasteiger partial charge on any atom is 0.301 e. The number of nitrogens with zero attached hydrogens (tertiary/aromatic N) is 2. The lowest BCUT2D eigenvalue weighted by molar-refractivity contribution is -0.132. The smallest absolute Gasteiger partial charge is 0.301 e. The van der Waals surface area contributed by atoms with E-state index in [2.05, 4.69) is 6.92 Å². The second-order valence-electron chi connectivity index (χ2n) is 9.99.